The van der Waals surface area contributed by atoms with E-state index in [0.717, 1.165) is 10.5 Å². The Hall–Kier alpha value is -1.00. The molecule has 3 nitrogen and oxygen atoms in total. The molecule has 0 amide bonds. The predicted octanol–water partition coefficient (Wildman–Crippen LogP) is 2.65. The van der Waals surface area contributed by atoms with Crippen LogP contribution < -0.4 is 5.56 Å². The number of hydrogen-bond acceptors (Lipinski definition) is 2. The number of pyridine rings is 1. The van der Waals surface area contributed by atoms with E-state index < -0.39 is 0 Å². The zero-order valence-corrected chi connectivity index (χ0v) is 9.19. The van der Waals surface area contributed by atoms with Gasteiger partial charge in [0.05, 0.1) is 10.5 Å². The molecule has 0 aliphatic carbocycles. The van der Waals surface area contributed by atoms with Gasteiger partial charge in [0.2, 0.25) is 0 Å². The number of aromatic amines is 1. The maximum absolute atomic E-state index is 11.1. The van der Waals surface area contributed by atoms with Gasteiger partial charge in [-0.2, -0.15) is 0 Å². The lowest BCUT2D eigenvalue weighted by Gasteiger charge is -2.03. The van der Waals surface area contributed by atoms with E-state index in [1.807, 2.05) is 0 Å². The van der Waals surface area contributed by atoms with E-state index in [1.165, 1.54) is 0 Å². The molecular weight excluding hydrogens is 269 g/mol. The van der Waals surface area contributed by atoms with Crippen molar-refractivity contribution in [3.8, 4) is 5.75 Å². The van der Waals surface area contributed by atoms with Gasteiger partial charge in [0.1, 0.15) is 5.75 Å². The summed E-state index contributed by atoms with van der Waals surface area (Å²) in [5.41, 5.74) is 0.0686. The second kappa shape index (κ2) is 3.29. The summed E-state index contributed by atoms with van der Waals surface area (Å²) in [5, 5.41) is 10.4. The molecule has 0 bridgehead atoms. The normalized spacial score (nSPS) is 10.7. The van der Waals surface area contributed by atoms with Crippen molar-refractivity contribution >= 4 is 38.4 Å². The number of aromatic nitrogens is 1. The van der Waals surface area contributed by atoms with E-state index >= 15 is 0 Å². The van der Waals surface area contributed by atoms with Crippen molar-refractivity contribution in [3.05, 3.63) is 38.0 Å². The number of halogens is 2. The number of H-pyrrole nitrogens is 1. The molecule has 1 aromatic heterocycles. The summed E-state index contributed by atoms with van der Waals surface area (Å²) in [6, 6.07) is 4.46. The van der Waals surface area contributed by atoms with Crippen LogP contribution in [-0.2, 0) is 0 Å². The van der Waals surface area contributed by atoms with Crippen LogP contribution in [0, 0.1) is 0 Å². The molecule has 0 fully saturated rings. The van der Waals surface area contributed by atoms with Gasteiger partial charge < -0.3 is 10.1 Å². The second-order valence-corrected chi connectivity index (χ2v) is 4.15. The quantitative estimate of drug-likeness (QED) is 0.776. The van der Waals surface area contributed by atoms with E-state index in [4.69, 9.17) is 11.6 Å². The van der Waals surface area contributed by atoms with Gasteiger partial charge in [0.15, 0.2) is 0 Å². The van der Waals surface area contributed by atoms with E-state index in [9.17, 15) is 9.90 Å². The van der Waals surface area contributed by atoms with Crippen LogP contribution >= 0.6 is 27.5 Å². The van der Waals surface area contributed by atoms with Gasteiger partial charge in [-0.15, -0.1) is 0 Å². The van der Waals surface area contributed by atoms with E-state index in [1.54, 1.807) is 12.1 Å². The minimum atomic E-state index is -0.376. The molecule has 0 atom stereocenters. The third-order valence-electron chi connectivity index (χ3n) is 1.85. The van der Waals surface area contributed by atoms with Crippen LogP contribution in [0.5, 0.6) is 5.75 Å². The summed E-state index contributed by atoms with van der Waals surface area (Å²) >= 11 is 9.14. The van der Waals surface area contributed by atoms with Gasteiger partial charge >= 0.3 is 0 Å². The van der Waals surface area contributed by atoms with Crippen molar-refractivity contribution in [1.82, 2.24) is 4.98 Å². The summed E-state index contributed by atoms with van der Waals surface area (Å²) in [6.45, 7) is 0. The highest BCUT2D eigenvalue weighted by molar-refractivity contribution is 9.10. The van der Waals surface area contributed by atoms with Crippen LogP contribution in [0.3, 0.4) is 0 Å². The highest BCUT2D eigenvalue weighted by atomic mass is 79.9. The molecule has 2 aromatic rings. The van der Waals surface area contributed by atoms with Gasteiger partial charge in [-0.05, 0) is 12.1 Å². The SMILES string of the molecule is O=c1cc(O)c2cc(Br)cc(Cl)c2[nH]1. The van der Waals surface area contributed by atoms with Crippen LogP contribution in [0.1, 0.15) is 0 Å². The number of aromatic hydroxyl groups is 1. The van der Waals surface area contributed by atoms with Crippen LogP contribution in [0.25, 0.3) is 10.9 Å². The van der Waals surface area contributed by atoms with Crippen molar-refractivity contribution in [3.63, 3.8) is 0 Å². The van der Waals surface area contributed by atoms with E-state index in [2.05, 4.69) is 20.9 Å². The molecule has 1 heterocycles. The Bertz CT molecular complexity index is 564. The Labute approximate surface area is 92.5 Å². The number of benzene rings is 1. The van der Waals surface area contributed by atoms with Crippen molar-refractivity contribution in [2.75, 3.05) is 0 Å². The third kappa shape index (κ3) is 1.51. The maximum Gasteiger partial charge on any atom is 0.252 e. The minimum Gasteiger partial charge on any atom is -0.507 e. The molecule has 0 unspecified atom stereocenters. The molecule has 2 N–H and O–H groups in total. The molecule has 0 radical (unpaired) electrons. The minimum absolute atomic E-state index is 0.0769. The van der Waals surface area contributed by atoms with Crippen LogP contribution in [0.4, 0.5) is 0 Å². The number of rotatable bonds is 0. The van der Waals surface area contributed by atoms with Gasteiger partial charge in [-0.3, -0.25) is 4.79 Å². The fourth-order valence-electron chi connectivity index (χ4n) is 1.26. The summed E-state index contributed by atoms with van der Waals surface area (Å²) in [5.74, 6) is -0.0769. The highest BCUT2D eigenvalue weighted by Gasteiger charge is 2.06. The van der Waals surface area contributed by atoms with Gasteiger partial charge in [0.25, 0.3) is 5.56 Å². The molecule has 0 saturated carbocycles. The predicted molar refractivity (Wildman–Crippen MR) is 58.9 cm³/mol. The summed E-state index contributed by atoms with van der Waals surface area (Å²) in [7, 11) is 0. The molecule has 2 rings (SSSR count). The van der Waals surface area contributed by atoms with E-state index in [0.29, 0.717) is 15.9 Å². The molecule has 0 saturated heterocycles. The summed E-state index contributed by atoms with van der Waals surface area (Å²) < 4.78 is 0.748. The lowest BCUT2D eigenvalue weighted by molar-refractivity contribution is 0.480. The lowest BCUT2D eigenvalue weighted by atomic mass is 10.2. The standard InChI is InChI=1S/C9H5BrClNO2/c10-4-1-5-7(13)3-8(14)12-9(5)6(11)2-4/h1-3H,(H2,12,13,14). The number of fused-ring (bicyclic) bond motifs is 1. The van der Waals surface area contributed by atoms with Crippen molar-refractivity contribution in [2.45, 2.75) is 0 Å². The Morgan fingerprint density at radius 1 is 1.36 bits per heavy atom. The molecule has 0 aliphatic heterocycles. The second-order valence-electron chi connectivity index (χ2n) is 2.83. The number of hydrogen-bond donors (Lipinski definition) is 2. The van der Waals surface area contributed by atoms with Crippen molar-refractivity contribution in [1.29, 1.82) is 0 Å². The molecule has 0 spiro atoms. The fourth-order valence-corrected chi connectivity index (χ4v) is 2.12. The summed E-state index contributed by atoms with van der Waals surface area (Å²) in [6.07, 6.45) is 0. The zero-order chi connectivity index (χ0) is 10.3. The first-order chi connectivity index (χ1) is 6.58. The molecule has 0 aliphatic rings. The van der Waals surface area contributed by atoms with Crippen LogP contribution in [-0.4, -0.2) is 10.1 Å². The van der Waals surface area contributed by atoms with Gasteiger partial charge in [0, 0.05) is 15.9 Å². The maximum atomic E-state index is 11.1. The largest absolute Gasteiger partial charge is 0.507 e. The fraction of sp³-hybridized carbons (Fsp3) is 0. The topological polar surface area (TPSA) is 53.1 Å². The van der Waals surface area contributed by atoms with Crippen molar-refractivity contribution in [2.24, 2.45) is 0 Å². The Balaban J connectivity index is 3.01. The lowest BCUT2D eigenvalue weighted by Crippen LogP contribution is -2.03. The molecule has 14 heavy (non-hydrogen) atoms. The monoisotopic (exact) mass is 273 g/mol. The van der Waals surface area contributed by atoms with Gasteiger partial charge in [-0.25, -0.2) is 0 Å². The number of nitrogens with one attached hydrogen (secondary N) is 1. The first-order valence-corrected chi connectivity index (χ1v) is 4.96. The van der Waals surface area contributed by atoms with Crippen LogP contribution in [0.2, 0.25) is 5.02 Å². The average molecular weight is 275 g/mol. The third-order valence-corrected chi connectivity index (χ3v) is 2.60. The average Bonchev–Trinajstić information content (AvgIpc) is 2.07. The van der Waals surface area contributed by atoms with Crippen molar-refractivity contribution < 1.29 is 5.11 Å². The molecular formula is C9H5BrClNO2. The Morgan fingerprint density at radius 3 is 2.79 bits per heavy atom. The first kappa shape index (κ1) is 9.55. The van der Waals surface area contributed by atoms with Gasteiger partial charge in [-0.1, -0.05) is 27.5 Å². The molecule has 72 valence electrons. The zero-order valence-electron chi connectivity index (χ0n) is 6.84. The van der Waals surface area contributed by atoms with E-state index in [-0.39, 0.29) is 11.3 Å². The van der Waals surface area contributed by atoms with Crippen LogP contribution in [0.15, 0.2) is 27.5 Å². The summed E-state index contributed by atoms with van der Waals surface area (Å²) in [4.78, 5) is 13.6. The first-order valence-electron chi connectivity index (χ1n) is 3.79. The Kier molecular flexibility index (Phi) is 2.25. The highest BCUT2D eigenvalue weighted by Crippen LogP contribution is 2.30. The molecule has 1 aromatic carbocycles. The Morgan fingerprint density at radius 2 is 2.07 bits per heavy atom. The smallest absolute Gasteiger partial charge is 0.252 e. The molecule has 5 heteroatoms.